The van der Waals surface area contributed by atoms with Crippen LogP contribution in [0.5, 0.6) is 0 Å². The van der Waals surface area contributed by atoms with Crippen molar-refractivity contribution in [3.63, 3.8) is 0 Å². The highest BCUT2D eigenvalue weighted by atomic mass is 32.2. The maximum Gasteiger partial charge on any atom is 0.338 e. The van der Waals surface area contributed by atoms with Gasteiger partial charge >= 0.3 is 5.97 Å². The molecule has 0 radical (unpaired) electrons. The van der Waals surface area contributed by atoms with Gasteiger partial charge in [0, 0.05) is 5.69 Å². The number of hydrogen-bond donors (Lipinski definition) is 2. The van der Waals surface area contributed by atoms with E-state index in [1.807, 2.05) is 0 Å². The number of carbonyl (C=O) groups excluding carboxylic acids is 2. The highest BCUT2D eigenvalue weighted by Crippen LogP contribution is 2.21. The highest BCUT2D eigenvalue weighted by Gasteiger charge is 2.22. The van der Waals surface area contributed by atoms with Crippen molar-refractivity contribution in [3.8, 4) is 0 Å². The number of anilines is 1. The number of amides is 1. The van der Waals surface area contributed by atoms with E-state index in [-0.39, 0.29) is 16.1 Å². The quantitative estimate of drug-likeness (QED) is 0.744. The van der Waals surface area contributed by atoms with Crippen molar-refractivity contribution in [1.82, 2.24) is 0 Å². The zero-order valence-electron chi connectivity index (χ0n) is 14.0. The number of primary amides is 1. The molecule has 1 atom stereocenters. The molecule has 0 aliphatic rings. The molecule has 3 N–H and O–H groups in total. The highest BCUT2D eigenvalue weighted by molar-refractivity contribution is 7.92. The molecule has 0 bridgehead atoms. The maximum absolute atomic E-state index is 12.9. The molecule has 0 spiro atoms. The van der Waals surface area contributed by atoms with Crippen molar-refractivity contribution in [2.75, 3.05) is 4.72 Å². The predicted molar refractivity (Wildman–Crippen MR) is 92.5 cm³/mol. The van der Waals surface area contributed by atoms with Crippen LogP contribution in [0.3, 0.4) is 0 Å². The molecule has 0 aromatic heterocycles. The third-order valence-corrected chi connectivity index (χ3v) is 5.02. The first-order valence-corrected chi connectivity index (χ1v) is 8.98. The van der Waals surface area contributed by atoms with Crippen LogP contribution in [0.2, 0.25) is 0 Å². The summed E-state index contributed by atoms with van der Waals surface area (Å²) in [5.41, 5.74) is 5.54. The van der Waals surface area contributed by atoms with Crippen molar-refractivity contribution in [3.05, 3.63) is 59.4 Å². The zero-order valence-corrected chi connectivity index (χ0v) is 14.8. The van der Waals surface area contributed by atoms with Crippen LogP contribution in [0.15, 0.2) is 47.4 Å². The van der Waals surface area contributed by atoms with Gasteiger partial charge in [0.05, 0.1) is 10.5 Å². The number of benzene rings is 2. The normalized spacial score (nSPS) is 12.3. The van der Waals surface area contributed by atoms with Crippen LogP contribution in [-0.2, 0) is 19.6 Å². The lowest BCUT2D eigenvalue weighted by Gasteiger charge is -2.13. The number of esters is 1. The Balaban J connectivity index is 2.32. The number of sulfonamides is 1. The van der Waals surface area contributed by atoms with Crippen LogP contribution < -0.4 is 10.5 Å². The fraction of sp³-hybridized carbons (Fsp3) is 0.176. The Hall–Kier alpha value is -2.94. The number of nitrogens with two attached hydrogens (primary N) is 1. The van der Waals surface area contributed by atoms with Crippen molar-refractivity contribution < 1.29 is 27.1 Å². The summed E-state index contributed by atoms with van der Waals surface area (Å²) in [6.07, 6.45) is -1.15. The predicted octanol–water partition coefficient (Wildman–Crippen LogP) is 1.97. The van der Waals surface area contributed by atoms with Crippen LogP contribution in [0.4, 0.5) is 10.1 Å². The fourth-order valence-corrected chi connectivity index (χ4v) is 3.36. The summed E-state index contributed by atoms with van der Waals surface area (Å²) in [6, 6.07) is 8.72. The van der Waals surface area contributed by atoms with Gasteiger partial charge in [0.25, 0.3) is 15.9 Å². The van der Waals surface area contributed by atoms with E-state index in [2.05, 4.69) is 4.72 Å². The molecule has 1 amide bonds. The van der Waals surface area contributed by atoms with E-state index in [1.54, 1.807) is 6.92 Å². The standard InChI is InChI=1S/C17H17FN2O5S/c1-10-3-4-12(17(22)25-11(2)16(19)21)9-15(10)26(23,24)20-14-7-5-13(18)6-8-14/h3-9,11,20H,1-2H3,(H2,19,21)/t11-/m0/s1. The van der Waals surface area contributed by atoms with Gasteiger partial charge in [-0.05, 0) is 55.8 Å². The Morgan fingerprint density at radius 1 is 1.15 bits per heavy atom. The minimum absolute atomic E-state index is 0.0526. The Labute approximate surface area is 150 Å². The molecule has 2 aromatic carbocycles. The van der Waals surface area contributed by atoms with Gasteiger partial charge in [-0.1, -0.05) is 6.07 Å². The van der Waals surface area contributed by atoms with Gasteiger partial charge in [-0.15, -0.1) is 0 Å². The Morgan fingerprint density at radius 3 is 2.35 bits per heavy atom. The monoisotopic (exact) mass is 380 g/mol. The molecule has 9 heteroatoms. The van der Waals surface area contributed by atoms with E-state index >= 15 is 0 Å². The van der Waals surface area contributed by atoms with Crippen molar-refractivity contribution >= 4 is 27.6 Å². The molecule has 0 heterocycles. The Bertz CT molecular complexity index is 942. The van der Waals surface area contributed by atoms with Gasteiger partial charge in [0.15, 0.2) is 6.10 Å². The maximum atomic E-state index is 12.9. The van der Waals surface area contributed by atoms with Gasteiger partial charge in [0.2, 0.25) is 0 Å². The number of ether oxygens (including phenoxy) is 1. The number of hydrogen-bond acceptors (Lipinski definition) is 5. The fourth-order valence-electron chi connectivity index (χ4n) is 2.03. The lowest BCUT2D eigenvalue weighted by Crippen LogP contribution is -2.30. The van der Waals surface area contributed by atoms with Crippen molar-refractivity contribution in [2.24, 2.45) is 5.73 Å². The molecule has 0 fully saturated rings. The minimum atomic E-state index is -4.03. The van der Waals surface area contributed by atoms with Gasteiger partial charge < -0.3 is 10.5 Å². The lowest BCUT2D eigenvalue weighted by atomic mass is 10.1. The van der Waals surface area contributed by atoms with Gasteiger partial charge in [0.1, 0.15) is 5.82 Å². The number of nitrogens with one attached hydrogen (secondary N) is 1. The lowest BCUT2D eigenvalue weighted by molar-refractivity contribution is -0.125. The minimum Gasteiger partial charge on any atom is -0.449 e. The average Bonchev–Trinajstić information content (AvgIpc) is 2.56. The smallest absolute Gasteiger partial charge is 0.338 e. The van der Waals surface area contributed by atoms with E-state index in [0.29, 0.717) is 5.56 Å². The molecule has 0 saturated heterocycles. The molecular weight excluding hydrogens is 363 g/mol. The molecule has 0 aliphatic carbocycles. The first kappa shape index (κ1) is 19.4. The average molecular weight is 380 g/mol. The third-order valence-electron chi connectivity index (χ3n) is 3.49. The molecule has 2 aromatic rings. The second kappa shape index (κ2) is 7.52. The molecule has 138 valence electrons. The molecule has 26 heavy (non-hydrogen) atoms. The summed E-state index contributed by atoms with van der Waals surface area (Å²) in [4.78, 5) is 22.9. The molecule has 7 nitrogen and oxygen atoms in total. The van der Waals surface area contributed by atoms with Crippen LogP contribution >= 0.6 is 0 Å². The number of aryl methyl sites for hydroxylation is 1. The summed E-state index contributed by atoms with van der Waals surface area (Å²) in [5.74, 6) is -2.21. The van der Waals surface area contributed by atoms with Crippen LogP contribution in [-0.4, -0.2) is 26.4 Å². The second-order valence-corrected chi connectivity index (χ2v) is 7.19. The Morgan fingerprint density at radius 2 is 1.77 bits per heavy atom. The molecule has 0 saturated carbocycles. The van der Waals surface area contributed by atoms with E-state index in [9.17, 15) is 22.4 Å². The molecule has 2 rings (SSSR count). The SMILES string of the molecule is Cc1ccc(C(=O)O[C@@H](C)C(N)=O)cc1S(=O)(=O)Nc1ccc(F)cc1. The van der Waals surface area contributed by atoms with Crippen molar-refractivity contribution in [1.29, 1.82) is 0 Å². The summed E-state index contributed by atoms with van der Waals surface area (Å²) in [6.45, 7) is 2.86. The summed E-state index contributed by atoms with van der Waals surface area (Å²) >= 11 is 0. The molecule has 0 unspecified atom stereocenters. The molecule has 0 aliphatic heterocycles. The Kier molecular flexibility index (Phi) is 5.61. The van der Waals surface area contributed by atoms with Gasteiger partial charge in [-0.25, -0.2) is 17.6 Å². The largest absolute Gasteiger partial charge is 0.449 e. The molecular formula is C17H17FN2O5S. The van der Waals surface area contributed by atoms with Gasteiger partial charge in [-0.2, -0.15) is 0 Å². The summed E-state index contributed by atoms with van der Waals surface area (Å²) in [7, 11) is -4.03. The van der Waals surface area contributed by atoms with Crippen LogP contribution in [0.25, 0.3) is 0 Å². The first-order chi connectivity index (χ1) is 12.1. The van der Waals surface area contributed by atoms with Crippen LogP contribution in [0, 0.1) is 12.7 Å². The van der Waals surface area contributed by atoms with Crippen molar-refractivity contribution in [2.45, 2.75) is 24.8 Å². The number of halogens is 1. The third kappa shape index (κ3) is 4.57. The van der Waals surface area contributed by atoms with Gasteiger partial charge in [-0.3, -0.25) is 9.52 Å². The topological polar surface area (TPSA) is 116 Å². The number of rotatable bonds is 6. The van der Waals surface area contributed by atoms with E-state index in [1.165, 1.54) is 31.2 Å². The second-order valence-electron chi connectivity index (χ2n) is 5.54. The van der Waals surface area contributed by atoms with E-state index < -0.39 is 33.8 Å². The van der Waals surface area contributed by atoms with E-state index in [4.69, 9.17) is 10.5 Å². The first-order valence-electron chi connectivity index (χ1n) is 7.49. The zero-order chi connectivity index (χ0) is 19.5. The summed E-state index contributed by atoms with van der Waals surface area (Å²) < 4.78 is 45.3. The van der Waals surface area contributed by atoms with Crippen LogP contribution in [0.1, 0.15) is 22.8 Å². The number of carbonyl (C=O) groups is 2. The summed E-state index contributed by atoms with van der Waals surface area (Å²) in [5, 5.41) is 0. The van der Waals surface area contributed by atoms with E-state index in [0.717, 1.165) is 18.2 Å².